The molecule has 88 valence electrons. The van der Waals surface area contributed by atoms with Crippen LogP contribution in [0.3, 0.4) is 0 Å². The Bertz CT molecular complexity index is 316. The van der Waals surface area contributed by atoms with Crippen LogP contribution in [0.1, 0.15) is 18.0 Å². The summed E-state index contributed by atoms with van der Waals surface area (Å²) in [4.78, 5) is 11.5. The van der Waals surface area contributed by atoms with E-state index in [0.29, 0.717) is 6.42 Å². The first-order valence-corrected chi connectivity index (χ1v) is 6.61. The first kappa shape index (κ1) is 13.1. The van der Waals surface area contributed by atoms with Gasteiger partial charge < -0.3 is 10.4 Å². The number of hydrogen-bond acceptors (Lipinski definition) is 3. The number of aliphatic hydroxyl groups excluding tert-OH is 1. The Kier molecular flexibility index (Phi) is 5.96. The van der Waals surface area contributed by atoms with Crippen molar-refractivity contribution in [2.45, 2.75) is 12.5 Å². The van der Waals surface area contributed by atoms with Gasteiger partial charge in [0.2, 0.25) is 5.91 Å². The van der Waals surface area contributed by atoms with Gasteiger partial charge in [0.25, 0.3) is 0 Å². The van der Waals surface area contributed by atoms with Crippen molar-refractivity contribution >= 4 is 17.7 Å². The van der Waals surface area contributed by atoms with Gasteiger partial charge in [0.1, 0.15) is 0 Å². The maximum absolute atomic E-state index is 11.5. The van der Waals surface area contributed by atoms with Crippen LogP contribution < -0.4 is 5.32 Å². The second kappa shape index (κ2) is 7.30. The fraction of sp³-hybridized carbons (Fsp3) is 0.417. The molecule has 0 spiro atoms. The Hall–Kier alpha value is -1.00. The van der Waals surface area contributed by atoms with Crippen LogP contribution in [0.2, 0.25) is 0 Å². The zero-order chi connectivity index (χ0) is 11.8. The minimum absolute atomic E-state index is 0.0164. The van der Waals surface area contributed by atoms with Gasteiger partial charge in [0.05, 0.1) is 12.6 Å². The van der Waals surface area contributed by atoms with Crippen LogP contribution in [0.4, 0.5) is 0 Å². The van der Waals surface area contributed by atoms with Gasteiger partial charge >= 0.3 is 0 Å². The molecular formula is C12H17NO2S. The van der Waals surface area contributed by atoms with Gasteiger partial charge in [0.15, 0.2) is 0 Å². The number of aliphatic hydroxyl groups is 1. The summed E-state index contributed by atoms with van der Waals surface area (Å²) in [6.07, 6.45) is 2.46. The minimum atomic E-state index is -0.296. The van der Waals surface area contributed by atoms with Gasteiger partial charge in [-0.25, -0.2) is 0 Å². The molecule has 16 heavy (non-hydrogen) atoms. The van der Waals surface area contributed by atoms with Crippen molar-refractivity contribution in [1.29, 1.82) is 0 Å². The molecule has 1 aromatic rings. The smallest absolute Gasteiger partial charge is 0.221 e. The number of benzene rings is 1. The third kappa shape index (κ3) is 4.24. The molecule has 3 nitrogen and oxygen atoms in total. The van der Waals surface area contributed by atoms with Crippen LogP contribution >= 0.6 is 11.8 Å². The summed E-state index contributed by atoms with van der Waals surface area (Å²) in [7, 11) is 0. The molecule has 1 atom stereocenters. The number of hydrogen-bond donors (Lipinski definition) is 2. The van der Waals surface area contributed by atoms with Gasteiger partial charge in [-0.15, -0.1) is 0 Å². The lowest BCUT2D eigenvalue weighted by molar-refractivity contribution is -0.121. The largest absolute Gasteiger partial charge is 0.394 e. The molecule has 0 aliphatic carbocycles. The quantitative estimate of drug-likeness (QED) is 0.792. The molecule has 0 aliphatic heterocycles. The van der Waals surface area contributed by atoms with E-state index in [0.717, 1.165) is 11.3 Å². The summed E-state index contributed by atoms with van der Waals surface area (Å²) in [5.74, 6) is 0.788. The van der Waals surface area contributed by atoms with Gasteiger partial charge in [-0.05, 0) is 11.8 Å². The fourth-order valence-corrected chi connectivity index (χ4v) is 1.77. The van der Waals surface area contributed by atoms with Crippen LogP contribution in [0.25, 0.3) is 0 Å². The number of amides is 1. The van der Waals surface area contributed by atoms with E-state index in [4.69, 9.17) is 0 Å². The highest BCUT2D eigenvalue weighted by molar-refractivity contribution is 7.98. The number of carbonyl (C=O) groups excluding carboxylic acids is 1. The van der Waals surface area contributed by atoms with Gasteiger partial charge in [0, 0.05) is 12.2 Å². The second-order valence-corrected chi connectivity index (χ2v) is 4.44. The molecule has 0 fully saturated rings. The minimum Gasteiger partial charge on any atom is -0.394 e. The van der Waals surface area contributed by atoms with E-state index in [1.807, 2.05) is 36.6 Å². The molecule has 0 bridgehead atoms. The van der Waals surface area contributed by atoms with Crippen LogP contribution in [-0.2, 0) is 4.79 Å². The predicted molar refractivity (Wildman–Crippen MR) is 67.4 cm³/mol. The Morgan fingerprint density at radius 2 is 2.12 bits per heavy atom. The zero-order valence-corrected chi connectivity index (χ0v) is 10.2. The highest BCUT2D eigenvalue weighted by Gasteiger charge is 2.12. The Morgan fingerprint density at radius 1 is 1.44 bits per heavy atom. The maximum atomic E-state index is 11.5. The summed E-state index contributed by atoms with van der Waals surface area (Å²) >= 11 is 1.64. The third-order valence-electron chi connectivity index (χ3n) is 2.25. The molecule has 0 unspecified atom stereocenters. The molecule has 0 saturated heterocycles. The van der Waals surface area contributed by atoms with E-state index in [1.54, 1.807) is 11.8 Å². The molecule has 0 aromatic heterocycles. The average Bonchev–Trinajstić information content (AvgIpc) is 2.34. The molecular weight excluding hydrogens is 222 g/mol. The first-order chi connectivity index (χ1) is 7.77. The van der Waals surface area contributed by atoms with Crippen LogP contribution in [0, 0.1) is 0 Å². The fourth-order valence-electron chi connectivity index (χ4n) is 1.38. The highest BCUT2D eigenvalue weighted by Crippen LogP contribution is 2.11. The summed E-state index contributed by atoms with van der Waals surface area (Å²) in [5.41, 5.74) is 0.933. The van der Waals surface area contributed by atoms with Crippen molar-refractivity contribution in [2.75, 3.05) is 18.6 Å². The zero-order valence-electron chi connectivity index (χ0n) is 9.35. The van der Waals surface area contributed by atoms with Gasteiger partial charge in [-0.3, -0.25) is 4.79 Å². The van der Waals surface area contributed by atoms with E-state index in [-0.39, 0.29) is 18.6 Å². The molecule has 1 rings (SSSR count). The molecule has 4 heteroatoms. The predicted octanol–water partition coefficient (Wildman–Crippen LogP) is 1.59. The Balaban J connectivity index is 2.52. The highest BCUT2D eigenvalue weighted by atomic mass is 32.2. The summed E-state index contributed by atoms with van der Waals surface area (Å²) in [6.45, 7) is -0.0744. The van der Waals surface area contributed by atoms with E-state index >= 15 is 0 Å². The number of carbonyl (C=O) groups is 1. The van der Waals surface area contributed by atoms with Crippen molar-refractivity contribution < 1.29 is 9.90 Å². The molecule has 1 amide bonds. The van der Waals surface area contributed by atoms with E-state index < -0.39 is 0 Å². The summed E-state index contributed by atoms with van der Waals surface area (Å²) in [5, 5.41) is 12.0. The lowest BCUT2D eigenvalue weighted by atomic mass is 10.1. The van der Waals surface area contributed by atoms with E-state index in [2.05, 4.69) is 5.32 Å². The van der Waals surface area contributed by atoms with Gasteiger partial charge in [-0.2, -0.15) is 11.8 Å². The lowest BCUT2D eigenvalue weighted by Gasteiger charge is -2.16. The molecule has 1 aromatic carbocycles. The topological polar surface area (TPSA) is 49.3 Å². The van der Waals surface area contributed by atoms with Crippen LogP contribution in [-0.4, -0.2) is 29.6 Å². The molecule has 0 heterocycles. The molecule has 0 aliphatic rings. The van der Waals surface area contributed by atoms with Crippen molar-refractivity contribution in [1.82, 2.24) is 5.32 Å². The molecule has 2 N–H and O–H groups in total. The van der Waals surface area contributed by atoms with Crippen molar-refractivity contribution in [3.05, 3.63) is 35.9 Å². The van der Waals surface area contributed by atoms with Crippen molar-refractivity contribution in [3.8, 4) is 0 Å². The Labute approximate surface area is 100 Å². The number of nitrogens with one attached hydrogen (secondary N) is 1. The van der Waals surface area contributed by atoms with Gasteiger partial charge in [-0.1, -0.05) is 30.3 Å². The van der Waals surface area contributed by atoms with Crippen molar-refractivity contribution in [2.24, 2.45) is 0 Å². The average molecular weight is 239 g/mol. The first-order valence-electron chi connectivity index (χ1n) is 5.22. The monoisotopic (exact) mass is 239 g/mol. The lowest BCUT2D eigenvalue weighted by Crippen LogP contribution is -2.30. The summed E-state index contributed by atoms with van der Waals surface area (Å²) in [6, 6.07) is 9.20. The summed E-state index contributed by atoms with van der Waals surface area (Å²) < 4.78 is 0. The second-order valence-electron chi connectivity index (χ2n) is 3.46. The Morgan fingerprint density at radius 3 is 2.69 bits per heavy atom. The SMILES string of the molecule is CSCCC(=O)N[C@H](CO)c1ccccc1. The number of thioether (sulfide) groups is 1. The van der Waals surface area contributed by atoms with Crippen LogP contribution in [0.15, 0.2) is 30.3 Å². The standard InChI is InChI=1S/C12H17NO2S/c1-16-8-7-12(15)13-11(9-14)10-5-3-2-4-6-10/h2-6,11,14H,7-9H2,1H3,(H,13,15)/t11-/m1/s1. The maximum Gasteiger partial charge on any atom is 0.221 e. The van der Waals surface area contributed by atoms with Crippen LogP contribution in [0.5, 0.6) is 0 Å². The number of rotatable bonds is 6. The molecule has 0 saturated carbocycles. The van der Waals surface area contributed by atoms with E-state index in [1.165, 1.54) is 0 Å². The molecule has 0 radical (unpaired) electrons. The third-order valence-corrected chi connectivity index (χ3v) is 2.87. The van der Waals surface area contributed by atoms with E-state index in [9.17, 15) is 9.90 Å². The normalized spacial score (nSPS) is 12.1. The van der Waals surface area contributed by atoms with Crippen molar-refractivity contribution in [3.63, 3.8) is 0 Å².